The zero-order chi connectivity index (χ0) is 20.1. The average molecular weight is 374 g/mol. The highest BCUT2D eigenvalue weighted by atomic mass is 16.2. The fraction of sp³-hybridized carbons (Fsp3) is 0.375. The zero-order valence-electron chi connectivity index (χ0n) is 16.9. The normalized spacial score (nSPS) is 25.0. The van der Waals surface area contributed by atoms with Gasteiger partial charge in [-0.3, -0.25) is 14.8 Å². The van der Waals surface area contributed by atoms with Gasteiger partial charge in [-0.15, -0.1) is 0 Å². The molecule has 0 aromatic heterocycles. The molecule has 4 nitrogen and oxygen atoms in total. The second-order valence-electron chi connectivity index (χ2n) is 8.70. The summed E-state index contributed by atoms with van der Waals surface area (Å²) < 4.78 is 0. The molecular weight excluding hydrogens is 346 g/mol. The fourth-order valence-electron chi connectivity index (χ4n) is 5.20. The van der Waals surface area contributed by atoms with E-state index in [9.17, 15) is 4.79 Å². The van der Waals surface area contributed by atoms with Gasteiger partial charge in [0.15, 0.2) is 0 Å². The van der Waals surface area contributed by atoms with E-state index in [1.54, 1.807) is 12.1 Å². The number of benzene rings is 2. The Kier molecular flexibility index (Phi) is 4.25. The lowest BCUT2D eigenvalue weighted by atomic mass is 9.51. The summed E-state index contributed by atoms with van der Waals surface area (Å²) in [6, 6.07) is 14.3. The van der Waals surface area contributed by atoms with Crippen LogP contribution in [0.4, 0.5) is 11.4 Å². The molecule has 0 radical (unpaired) electrons. The van der Waals surface area contributed by atoms with E-state index in [4.69, 9.17) is 0 Å². The summed E-state index contributed by atoms with van der Waals surface area (Å²) in [5, 5.41) is 0. The number of piperidine rings is 1. The van der Waals surface area contributed by atoms with Gasteiger partial charge in [0.1, 0.15) is 0 Å². The Hall–Kier alpha value is -2.75. The summed E-state index contributed by atoms with van der Waals surface area (Å²) in [4.78, 5) is 23.5. The van der Waals surface area contributed by atoms with Crippen molar-refractivity contribution in [3.05, 3.63) is 59.2 Å². The van der Waals surface area contributed by atoms with E-state index < -0.39 is 0 Å². The summed E-state index contributed by atoms with van der Waals surface area (Å²) >= 11 is 0. The van der Waals surface area contributed by atoms with Crippen LogP contribution in [0.2, 0.25) is 0 Å². The third-order valence-electron chi connectivity index (χ3n) is 7.33. The zero-order valence-corrected chi connectivity index (χ0v) is 16.9. The van der Waals surface area contributed by atoms with E-state index in [0.29, 0.717) is 16.9 Å². The van der Waals surface area contributed by atoms with Gasteiger partial charge < -0.3 is 4.90 Å². The second-order valence-corrected chi connectivity index (χ2v) is 8.70. The lowest BCUT2D eigenvalue weighted by Crippen LogP contribution is -2.64. The first kappa shape index (κ1) is 18.6. The van der Waals surface area contributed by atoms with Crippen molar-refractivity contribution in [1.29, 1.82) is 0 Å². The van der Waals surface area contributed by atoms with Crippen molar-refractivity contribution < 1.29 is 4.79 Å². The molecule has 1 aliphatic heterocycles. The molecule has 144 valence electrons. The van der Waals surface area contributed by atoms with Crippen LogP contribution in [0, 0.1) is 5.41 Å². The molecule has 0 saturated carbocycles. The number of carbonyl (C=O) groups is 1. The van der Waals surface area contributed by atoms with E-state index in [2.05, 4.69) is 73.4 Å². The predicted molar refractivity (Wildman–Crippen MR) is 116 cm³/mol. The lowest BCUT2D eigenvalue weighted by molar-refractivity contribution is -0.0262. The maximum atomic E-state index is 13.5. The van der Waals surface area contributed by atoms with Gasteiger partial charge in [-0.25, -0.2) is 0 Å². The molecule has 0 N–H and O–H groups in total. The van der Waals surface area contributed by atoms with E-state index in [1.807, 2.05) is 6.07 Å². The van der Waals surface area contributed by atoms with Gasteiger partial charge in [-0.05, 0) is 61.0 Å². The highest BCUT2D eigenvalue weighted by Crippen LogP contribution is 2.56. The molecule has 2 aromatic carbocycles. The van der Waals surface area contributed by atoms with Crippen molar-refractivity contribution in [3.63, 3.8) is 0 Å². The smallest absolute Gasteiger partial charge is 0.254 e. The summed E-state index contributed by atoms with van der Waals surface area (Å²) in [5.41, 5.74) is 4.73. The van der Waals surface area contributed by atoms with Gasteiger partial charge in [0.05, 0.1) is 11.4 Å². The molecule has 2 atom stereocenters. The van der Waals surface area contributed by atoms with Crippen LogP contribution < -0.4 is 0 Å². The molecular formula is C24H27N3O. The van der Waals surface area contributed by atoms with Gasteiger partial charge in [-0.2, -0.15) is 0 Å². The van der Waals surface area contributed by atoms with Crippen molar-refractivity contribution in [1.82, 2.24) is 4.90 Å². The van der Waals surface area contributed by atoms with Crippen LogP contribution in [-0.4, -0.2) is 36.8 Å². The maximum absolute atomic E-state index is 13.5. The summed E-state index contributed by atoms with van der Waals surface area (Å²) in [6.07, 6.45) is 1.85. The molecule has 2 aliphatic rings. The Morgan fingerprint density at radius 2 is 1.79 bits per heavy atom. The predicted octanol–water partition coefficient (Wildman–Crippen LogP) is 5.11. The van der Waals surface area contributed by atoms with E-state index >= 15 is 0 Å². The van der Waals surface area contributed by atoms with Crippen LogP contribution in [0.15, 0.2) is 52.4 Å². The van der Waals surface area contributed by atoms with Crippen molar-refractivity contribution in [2.24, 2.45) is 15.4 Å². The largest absolute Gasteiger partial charge is 0.335 e. The van der Waals surface area contributed by atoms with E-state index in [1.165, 1.54) is 11.1 Å². The summed E-state index contributed by atoms with van der Waals surface area (Å²) in [6.45, 7) is 14.9. The SMILES string of the molecule is C=Nc1ccc(C(=O)N2CC[C@@]3(C)c4ccccc4C[C@@H]2C3(C)C)cc1N=C. The van der Waals surface area contributed by atoms with Gasteiger partial charge in [0.25, 0.3) is 5.91 Å². The highest BCUT2D eigenvalue weighted by molar-refractivity contribution is 5.96. The van der Waals surface area contributed by atoms with Gasteiger partial charge >= 0.3 is 0 Å². The number of nitrogens with zero attached hydrogens (tertiary/aromatic N) is 3. The fourth-order valence-corrected chi connectivity index (χ4v) is 5.20. The molecule has 1 heterocycles. The van der Waals surface area contributed by atoms with Crippen LogP contribution in [0.1, 0.15) is 48.7 Å². The van der Waals surface area contributed by atoms with Crippen molar-refractivity contribution >= 4 is 30.7 Å². The molecule has 1 fully saturated rings. The molecule has 0 spiro atoms. The number of amides is 1. The third-order valence-corrected chi connectivity index (χ3v) is 7.33. The van der Waals surface area contributed by atoms with Crippen LogP contribution in [0.25, 0.3) is 0 Å². The van der Waals surface area contributed by atoms with Crippen molar-refractivity contribution in [2.45, 2.75) is 45.1 Å². The summed E-state index contributed by atoms with van der Waals surface area (Å²) in [5.74, 6) is 0.0556. The minimum Gasteiger partial charge on any atom is -0.335 e. The van der Waals surface area contributed by atoms with E-state index in [0.717, 1.165) is 19.4 Å². The standard InChI is InChI=1S/C24H27N3O/c1-23(2)21-15-16-8-6-7-9-18(16)24(23,3)12-13-27(21)22(28)17-10-11-19(25-4)20(14-17)26-5/h6-11,14,21H,4-5,12-13,15H2,1-3H3/t21-,24+/m1/s1. The second kappa shape index (κ2) is 6.40. The molecule has 2 bridgehead atoms. The number of hydrogen-bond acceptors (Lipinski definition) is 3. The van der Waals surface area contributed by atoms with Crippen LogP contribution in [-0.2, 0) is 11.8 Å². The number of carbonyl (C=O) groups excluding carboxylic acids is 1. The lowest BCUT2D eigenvalue weighted by Gasteiger charge is -2.60. The minimum absolute atomic E-state index is 0.0165. The molecule has 1 aliphatic carbocycles. The Balaban J connectivity index is 1.75. The summed E-state index contributed by atoms with van der Waals surface area (Å²) in [7, 11) is 0. The Morgan fingerprint density at radius 3 is 2.50 bits per heavy atom. The maximum Gasteiger partial charge on any atom is 0.254 e. The first-order chi connectivity index (χ1) is 13.3. The Labute approximate surface area is 167 Å². The number of aliphatic imine (C=N–C) groups is 2. The molecule has 4 heteroatoms. The molecule has 1 amide bonds. The minimum atomic E-state index is -0.0165. The van der Waals surface area contributed by atoms with Gasteiger partial charge in [-0.1, -0.05) is 45.0 Å². The van der Waals surface area contributed by atoms with Crippen LogP contribution >= 0.6 is 0 Å². The van der Waals surface area contributed by atoms with Crippen LogP contribution in [0.5, 0.6) is 0 Å². The molecule has 4 rings (SSSR count). The highest BCUT2D eigenvalue weighted by Gasteiger charge is 2.56. The van der Waals surface area contributed by atoms with Crippen molar-refractivity contribution in [2.75, 3.05) is 6.54 Å². The number of hydrogen-bond donors (Lipinski definition) is 0. The quantitative estimate of drug-likeness (QED) is 0.690. The Bertz CT molecular complexity index is 978. The van der Waals surface area contributed by atoms with Crippen molar-refractivity contribution in [3.8, 4) is 0 Å². The van der Waals surface area contributed by atoms with Gasteiger partial charge in [0.2, 0.25) is 0 Å². The number of likely N-dealkylation sites (tertiary alicyclic amines) is 1. The Morgan fingerprint density at radius 1 is 1.07 bits per heavy atom. The number of rotatable bonds is 3. The first-order valence-electron chi connectivity index (χ1n) is 9.80. The topological polar surface area (TPSA) is 45.0 Å². The van der Waals surface area contributed by atoms with Gasteiger partial charge in [0, 0.05) is 23.6 Å². The van der Waals surface area contributed by atoms with Crippen LogP contribution in [0.3, 0.4) is 0 Å². The average Bonchev–Trinajstić information content (AvgIpc) is 2.69. The molecule has 1 saturated heterocycles. The number of fused-ring (bicyclic) bond motifs is 4. The molecule has 2 aromatic rings. The third kappa shape index (κ3) is 2.47. The molecule has 28 heavy (non-hydrogen) atoms. The monoisotopic (exact) mass is 373 g/mol. The first-order valence-corrected chi connectivity index (χ1v) is 9.80. The molecule has 0 unspecified atom stereocenters. The van der Waals surface area contributed by atoms with E-state index in [-0.39, 0.29) is 22.8 Å².